The van der Waals surface area contributed by atoms with E-state index in [1.165, 1.54) is 7.05 Å². The van der Waals surface area contributed by atoms with Crippen molar-refractivity contribution in [2.75, 3.05) is 13.7 Å². The monoisotopic (exact) mass is 282 g/mol. The number of hydroxylamine groups is 1. The van der Waals surface area contributed by atoms with Gasteiger partial charge >= 0.3 is 6.03 Å². The summed E-state index contributed by atoms with van der Waals surface area (Å²) in [5.41, 5.74) is 3.47. The van der Waals surface area contributed by atoms with Gasteiger partial charge in [0.05, 0.1) is 0 Å². The Morgan fingerprint density at radius 1 is 1.50 bits per heavy atom. The Labute approximate surface area is 118 Å². The minimum Gasteiger partial charge on any atom is -0.307 e. The minimum absolute atomic E-state index is 0.0829. The number of nitrogens with zero attached hydrogens (tertiary/aromatic N) is 1. The van der Waals surface area contributed by atoms with Gasteiger partial charge in [-0.3, -0.25) is 14.6 Å². The molecule has 7 heteroatoms. The number of hydrazine groups is 1. The molecule has 20 heavy (non-hydrogen) atoms. The van der Waals surface area contributed by atoms with E-state index in [4.69, 9.17) is 10.7 Å². The molecule has 4 N–H and O–H groups in total. The van der Waals surface area contributed by atoms with Crippen molar-refractivity contribution in [3.63, 3.8) is 0 Å². The zero-order valence-electron chi connectivity index (χ0n) is 11.9. The molecular weight excluding hydrogens is 260 g/mol. The molecule has 0 aromatic heterocycles. The average Bonchev–Trinajstić information content (AvgIpc) is 3.21. The molecule has 112 valence electrons. The van der Waals surface area contributed by atoms with Gasteiger partial charge in [-0.2, -0.15) is 0 Å². The van der Waals surface area contributed by atoms with Crippen molar-refractivity contribution in [2.45, 2.75) is 26.2 Å². The van der Waals surface area contributed by atoms with E-state index in [0.29, 0.717) is 11.3 Å². The lowest BCUT2D eigenvalue weighted by Gasteiger charge is -2.16. The van der Waals surface area contributed by atoms with Gasteiger partial charge in [0.1, 0.15) is 6.61 Å². The van der Waals surface area contributed by atoms with Crippen molar-refractivity contribution >= 4 is 11.9 Å². The molecule has 7 nitrogen and oxygen atoms in total. The Morgan fingerprint density at radius 3 is 2.65 bits per heavy atom. The van der Waals surface area contributed by atoms with Gasteiger partial charge < -0.3 is 5.32 Å². The quantitative estimate of drug-likeness (QED) is 0.278. The maximum absolute atomic E-state index is 11.5. The summed E-state index contributed by atoms with van der Waals surface area (Å²) >= 11 is 0. The number of carbonyl (C=O) groups excluding carboxylic acids is 2. The first-order valence-corrected chi connectivity index (χ1v) is 6.55. The first-order valence-electron chi connectivity index (χ1n) is 6.55. The Bertz CT molecular complexity index is 414. The number of allylic oxidation sites excluding steroid dienone is 1. The van der Waals surface area contributed by atoms with Gasteiger partial charge in [-0.25, -0.2) is 16.1 Å². The summed E-state index contributed by atoms with van der Waals surface area (Å²) in [6.07, 6.45) is 4.35. The highest BCUT2D eigenvalue weighted by molar-refractivity contribution is 5.79. The highest BCUT2D eigenvalue weighted by atomic mass is 16.6. The molecule has 0 heterocycles. The molecule has 0 saturated heterocycles. The molecule has 0 spiro atoms. The molecular formula is C13H22N4O3. The first-order chi connectivity index (χ1) is 9.45. The number of nitrogens with two attached hydrogens (primary N) is 1. The summed E-state index contributed by atoms with van der Waals surface area (Å²) in [7, 11) is 1.44. The Morgan fingerprint density at radius 2 is 2.15 bits per heavy atom. The van der Waals surface area contributed by atoms with Crippen LogP contribution in [-0.4, -0.2) is 30.6 Å². The molecule has 0 aromatic rings. The Balaban J connectivity index is 2.41. The largest absolute Gasteiger partial charge is 0.335 e. The third-order valence-corrected chi connectivity index (χ3v) is 2.72. The van der Waals surface area contributed by atoms with Crippen molar-refractivity contribution in [3.05, 3.63) is 23.9 Å². The van der Waals surface area contributed by atoms with E-state index in [9.17, 15) is 9.59 Å². The van der Waals surface area contributed by atoms with E-state index >= 15 is 0 Å². The van der Waals surface area contributed by atoms with Crippen LogP contribution in [0.5, 0.6) is 0 Å². The molecule has 0 aliphatic heterocycles. The molecule has 1 aliphatic carbocycles. The lowest BCUT2D eigenvalue weighted by atomic mass is 10.2. The minimum atomic E-state index is -0.451. The molecule has 1 rings (SSSR count). The molecule has 0 atom stereocenters. The lowest BCUT2D eigenvalue weighted by molar-refractivity contribution is -0.134. The number of carbonyl (C=O) groups is 2. The van der Waals surface area contributed by atoms with E-state index in [2.05, 4.69) is 17.4 Å². The standard InChI is InChI=1S/C13H22N4O3/c1-4-5-11(15-13(19)17(3)14)9(2)8-20-16-12(18)10-6-7-10/h5,10H,2,4,6-8,14H2,1,3H3,(H,15,19)(H,16,18)/b11-5+. The maximum Gasteiger partial charge on any atom is 0.335 e. The molecule has 0 unspecified atom stereocenters. The third kappa shape index (κ3) is 5.41. The highest BCUT2D eigenvalue weighted by Crippen LogP contribution is 2.28. The van der Waals surface area contributed by atoms with Crippen LogP contribution in [0.2, 0.25) is 0 Å². The number of nitrogens with one attached hydrogen (secondary N) is 2. The van der Waals surface area contributed by atoms with Crippen LogP contribution in [0, 0.1) is 5.92 Å². The van der Waals surface area contributed by atoms with Crippen LogP contribution in [0.25, 0.3) is 0 Å². The van der Waals surface area contributed by atoms with Gasteiger partial charge in [0.25, 0.3) is 0 Å². The van der Waals surface area contributed by atoms with E-state index in [0.717, 1.165) is 24.3 Å². The van der Waals surface area contributed by atoms with E-state index in [-0.39, 0.29) is 18.4 Å². The van der Waals surface area contributed by atoms with E-state index < -0.39 is 6.03 Å². The first kappa shape index (κ1) is 16.2. The van der Waals surface area contributed by atoms with E-state index in [1.54, 1.807) is 6.08 Å². The predicted molar refractivity (Wildman–Crippen MR) is 74.8 cm³/mol. The highest BCUT2D eigenvalue weighted by Gasteiger charge is 2.29. The molecule has 3 amide bonds. The fraction of sp³-hybridized carbons (Fsp3) is 0.538. The van der Waals surface area contributed by atoms with Gasteiger partial charge in [-0.15, -0.1) is 0 Å². The SMILES string of the molecule is C=C(CONC(=O)C1CC1)/C(=C\CC)NC(=O)N(C)N. The van der Waals surface area contributed by atoms with Gasteiger partial charge in [-0.05, 0) is 24.8 Å². The van der Waals surface area contributed by atoms with Gasteiger partial charge in [0.2, 0.25) is 5.91 Å². The summed E-state index contributed by atoms with van der Waals surface area (Å²) in [5, 5.41) is 3.56. The fourth-order valence-corrected chi connectivity index (χ4v) is 1.39. The van der Waals surface area contributed by atoms with Gasteiger partial charge in [0.15, 0.2) is 0 Å². The zero-order chi connectivity index (χ0) is 15.1. The van der Waals surface area contributed by atoms with Crippen molar-refractivity contribution in [2.24, 2.45) is 11.8 Å². The summed E-state index contributed by atoms with van der Waals surface area (Å²) in [4.78, 5) is 28.0. The van der Waals surface area contributed by atoms with Crippen LogP contribution < -0.4 is 16.6 Å². The number of hydrogen-bond donors (Lipinski definition) is 3. The van der Waals surface area contributed by atoms with Crippen LogP contribution in [-0.2, 0) is 9.63 Å². The van der Waals surface area contributed by atoms with Crippen LogP contribution >= 0.6 is 0 Å². The predicted octanol–water partition coefficient (Wildman–Crippen LogP) is 0.809. The third-order valence-electron chi connectivity index (χ3n) is 2.72. The normalized spacial score (nSPS) is 14.7. The number of rotatable bonds is 7. The molecule has 0 aromatic carbocycles. The Hall–Kier alpha value is -1.86. The van der Waals surface area contributed by atoms with Crippen molar-refractivity contribution < 1.29 is 14.4 Å². The van der Waals surface area contributed by atoms with Crippen molar-refractivity contribution in [1.82, 2.24) is 15.8 Å². The van der Waals surface area contributed by atoms with Gasteiger partial charge in [0, 0.05) is 18.7 Å². The molecule has 1 aliphatic rings. The van der Waals surface area contributed by atoms with E-state index in [1.807, 2.05) is 6.92 Å². The number of amides is 3. The van der Waals surface area contributed by atoms with Crippen LogP contribution in [0.15, 0.2) is 23.9 Å². The number of urea groups is 1. The van der Waals surface area contributed by atoms with Gasteiger partial charge in [-0.1, -0.05) is 19.6 Å². The molecule has 1 saturated carbocycles. The second-order valence-corrected chi connectivity index (χ2v) is 4.70. The summed E-state index contributed by atoms with van der Waals surface area (Å²) in [6, 6.07) is -0.451. The Kier molecular flexibility index (Phi) is 6.20. The summed E-state index contributed by atoms with van der Waals surface area (Å²) < 4.78 is 0. The average molecular weight is 282 g/mol. The fourth-order valence-electron chi connectivity index (χ4n) is 1.39. The molecule has 0 bridgehead atoms. The summed E-state index contributed by atoms with van der Waals surface area (Å²) in [5.74, 6) is 5.31. The molecule has 1 fully saturated rings. The van der Waals surface area contributed by atoms with Crippen LogP contribution in [0.4, 0.5) is 4.79 Å². The molecule has 0 radical (unpaired) electrons. The van der Waals surface area contributed by atoms with Crippen molar-refractivity contribution in [3.8, 4) is 0 Å². The maximum atomic E-state index is 11.5. The van der Waals surface area contributed by atoms with Crippen molar-refractivity contribution in [1.29, 1.82) is 0 Å². The summed E-state index contributed by atoms with van der Waals surface area (Å²) in [6.45, 7) is 5.85. The van der Waals surface area contributed by atoms with Crippen LogP contribution in [0.1, 0.15) is 26.2 Å². The smallest absolute Gasteiger partial charge is 0.307 e. The lowest BCUT2D eigenvalue weighted by Crippen LogP contribution is -2.41. The topological polar surface area (TPSA) is 96.7 Å². The zero-order valence-corrected chi connectivity index (χ0v) is 11.9. The number of hydrogen-bond acceptors (Lipinski definition) is 4. The second-order valence-electron chi connectivity index (χ2n) is 4.70. The van der Waals surface area contributed by atoms with Crippen LogP contribution in [0.3, 0.4) is 0 Å². The second kappa shape index (κ2) is 7.66.